The summed E-state index contributed by atoms with van der Waals surface area (Å²) in [7, 11) is 2.09. The third-order valence-corrected chi connectivity index (χ3v) is 3.44. The molecule has 0 bridgehead atoms. The molecule has 1 fully saturated rings. The molecule has 0 radical (unpaired) electrons. The Morgan fingerprint density at radius 3 is 3.00 bits per heavy atom. The first kappa shape index (κ1) is 12.2. The van der Waals surface area contributed by atoms with Crippen molar-refractivity contribution in [3.63, 3.8) is 0 Å². The first-order valence-electron chi connectivity index (χ1n) is 6.37. The van der Waals surface area contributed by atoms with E-state index in [4.69, 9.17) is 0 Å². The minimum Gasteiger partial charge on any atom is -0.305 e. The van der Waals surface area contributed by atoms with E-state index in [2.05, 4.69) is 23.0 Å². The highest BCUT2D eigenvalue weighted by molar-refractivity contribution is 5.83. The van der Waals surface area contributed by atoms with E-state index in [-0.39, 0.29) is 5.92 Å². The fourth-order valence-electron chi connectivity index (χ4n) is 2.40. The van der Waals surface area contributed by atoms with E-state index >= 15 is 0 Å². The summed E-state index contributed by atoms with van der Waals surface area (Å²) in [6.07, 6.45) is 5.73. The number of carbonyl (C=O) groups is 1. The number of ketones is 1. The molecule has 0 N–H and O–H groups in total. The van der Waals surface area contributed by atoms with Crippen molar-refractivity contribution in [1.82, 2.24) is 9.88 Å². The molecule has 0 aromatic carbocycles. The lowest BCUT2D eigenvalue weighted by molar-refractivity contribution is -0.121. The van der Waals surface area contributed by atoms with Gasteiger partial charge in [0.1, 0.15) is 5.78 Å². The average Bonchev–Trinajstić information content (AvgIpc) is 2.74. The largest absolute Gasteiger partial charge is 0.305 e. The molecule has 0 saturated heterocycles. The van der Waals surface area contributed by atoms with Crippen LogP contribution in [0.5, 0.6) is 0 Å². The van der Waals surface area contributed by atoms with Crippen LogP contribution < -0.4 is 0 Å². The SMILES string of the molecule is CN(CCc1ccccn1)CC1CCCC1=O. The van der Waals surface area contributed by atoms with Crippen molar-refractivity contribution in [3.05, 3.63) is 30.1 Å². The number of hydrogen-bond donors (Lipinski definition) is 0. The minimum absolute atomic E-state index is 0.281. The Bertz CT molecular complexity index is 364. The van der Waals surface area contributed by atoms with Crippen LogP contribution in [-0.4, -0.2) is 35.8 Å². The lowest BCUT2D eigenvalue weighted by Gasteiger charge is -2.19. The second kappa shape index (κ2) is 5.92. The molecule has 1 atom stereocenters. The molecule has 1 saturated carbocycles. The van der Waals surface area contributed by atoms with E-state index < -0.39 is 0 Å². The van der Waals surface area contributed by atoms with Crippen molar-refractivity contribution >= 4 is 5.78 Å². The molecule has 2 rings (SSSR count). The minimum atomic E-state index is 0.281. The molecule has 92 valence electrons. The number of pyridine rings is 1. The van der Waals surface area contributed by atoms with Crippen LogP contribution in [0.25, 0.3) is 0 Å². The first-order chi connectivity index (χ1) is 8.25. The maximum Gasteiger partial charge on any atom is 0.137 e. The highest BCUT2D eigenvalue weighted by Crippen LogP contribution is 2.21. The Morgan fingerprint density at radius 1 is 1.47 bits per heavy atom. The monoisotopic (exact) mass is 232 g/mol. The standard InChI is InChI=1S/C14H20N2O/c1-16(11-12-5-4-7-14(12)17)10-8-13-6-2-3-9-15-13/h2-3,6,9,12H,4-5,7-8,10-11H2,1H3. The molecule has 1 aromatic heterocycles. The normalized spacial score (nSPS) is 20.1. The molecular weight excluding hydrogens is 212 g/mol. The topological polar surface area (TPSA) is 33.2 Å². The first-order valence-corrected chi connectivity index (χ1v) is 6.37. The third-order valence-electron chi connectivity index (χ3n) is 3.44. The fourth-order valence-corrected chi connectivity index (χ4v) is 2.40. The van der Waals surface area contributed by atoms with Gasteiger partial charge >= 0.3 is 0 Å². The van der Waals surface area contributed by atoms with Crippen LogP contribution in [0.2, 0.25) is 0 Å². The number of likely N-dealkylation sites (N-methyl/N-ethyl adjacent to an activating group) is 1. The van der Waals surface area contributed by atoms with Gasteiger partial charge in [-0.05, 0) is 32.0 Å². The van der Waals surface area contributed by atoms with E-state index in [1.54, 1.807) is 0 Å². The average molecular weight is 232 g/mol. The van der Waals surface area contributed by atoms with Crippen LogP contribution in [0.1, 0.15) is 25.0 Å². The summed E-state index contributed by atoms with van der Waals surface area (Å²) >= 11 is 0. The van der Waals surface area contributed by atoms with E-state index in [1.807, 2.05) is 18.3 Å². The van der Waals surface area contributed by atoms with Crippen molar-refractivity contribution in [2.45, 2.75) is 25.7 Å². The Morgan fingerprint density at radius 2 is 2.35 bits per heavy atom. The van der Waals surface area contributed by atoms with Crippen LogP contribution in [0.4, 0.5) is 0 Å². The number of nitrogens with zero attached hydrogens (tertiary/aromatic N) is 2. The molecular formula is C14H20N2O. The second-order valence-corrected chi connectivity index (χ2v) is 4.89. The molecule has 1 aromatic rings. The van der Waals surface area contributed by atoms with E-state index in [9.17, 15) is 4.79 Å². The van der Waals surface area contributed by atoms with Gasteiger partial charge in [0.05, 0.1) is 0 Å². The van der Waals surface area contributed by atoms with Crippen molar-refractivity contribution in [1.29, 1.82) is 0 Å². The molecule has 3 heteroatoms. The highest BCUT2D eigenvalue weighted by Gasteiger charge is 2.25. The van der Waals surface area contributed by atoms with Crippen LogP contribution in [-0.2, 0) is 11.2 Å². The van der Waals surface area contributed by atoms with Gasteiger partial charge in [-0.3, -0.25) is 9.78 Å². The van der Waals surface area contributed by atoms with Gasteiger partial charge < -0.3 is 4.90 Å². The quantitative estimate of drug-likeness (QED) is 0.777. The van der Waals surface area contributed by atoms with Gasteiger partial charge in [-0.25, -0.2) is 0 Å². The molecule has 3 nitrogen and oxygen atoms in total. The predicted octanol–water partition coefficient (Wildman–Crippen LogP) is 1.93. The van der Waals surface area contributed by atoms with Gasteiger partial charge in [0.25, 0.3) is 0 Å². The zero-order valence-corrected chi connectivity index (χ0v) is 10.4. The van der Waals surface area contributed by atoms with E-state index in [0.717, 1.165) is 44.5 Å². The van der Waals surface area contributed by atoms with Crippen LogP contribution in [0.3, 0.4) is 0 Å². The lowest BCUT2D eigenvalue weighted by Crippen LogP contribution is -2.29. The molecule has 1 aliphatic carbocycles. The van der Waals surface area contributed by atoms with E-state index in [0.29, 0.717) is 5.78 Å². The van der Waals surface area contributed by atoms with Crippen molar-refractivity contribution < 1.29 is 4.79 Å². The van der Waals surface area contributed by atoms with Gasteiger partial charge in [-0.15, -0.1) is 0 Å². The van der Waals surface area contributed by atoms with Gasteiger partial charge in [0.2, 0.25) is 0 Å². The Kier molecular flexibility index (Phi) is 4.26. The van der Waals surface area contributed by atoms with Crippen LogP contribution in [0, 0.1) is 5.92 Å². The van der Waals surface area contributed by atoms with Crippen molar-refractivity contribution in [2.24, 2.45) is 5.92 Å². The smallest absolute Gasteiger partial charge is 0.137 e. The summed E-state index contributed by atoms with van der Waals surface area (Å²) in [5, 5.41) is 0. The Labute approximate surface area is 103 Å². The summed E-state index contributed by atoms with van der Waals surface area (Å²) in [4.78, 5) is 18.1. The van der Waals surface area contributed by atoms with Gasteiger partial charge in [0.15, 0.2) is 0 Å². The lowest BCUT2D eigenvalue weighted by atomic mass is 10.1. The second-order valence-electron chi connectivity index (χ2n) is 4.89. The number of aromatic nitrogens is 1. The van der Waals surface area contributed by atoms with Crippen molar-refractivity contribution in [2.75, 3.05) is 20.1 Å². The number of Topliss-reactive ketones (excluding diaryl/α,β-unsaturated/α-hetero) is 1. The summed E-state index contributed by atoms with van der Waals surface area (Å²) < 4.78 is 0. The van der Waals surface area contributed by atoms with Crippen molar-refractivity contribution in [3.8, 4) is 0 Å². The molecule has 1 aliphatic rings. The zero-order valence-electron chi connectivity index (χ0n) is 10.4. The maximum absolute atomic E-state index is 11.5. The summed E-state index contributed by atoms with van der Waals surface area (Å²) in [6, 6.07) is 6.00. The van der Waals surface area contributed by atoms with E-state index in [1.165, 1.54) is 0 Å². The molecule has 1 heterocycles. The van der Waals surface area contributed by atoms with Crippen LogP contribution >= 0.6 is 0 Å². The Hall–Kier alpha value is -1.22. The third kappa shape index (κ3) is 3.63. The number of rotatable bonds is 5. The molecule has 17 heavy (non-hydrogen) atoms. The molecule has 0 aliphatic heterocycles. The molecule has 1 unspecified atom stereocenters. The molecule has 0 spiro atoms. The van der Waals surface area contributed by atoms with Gasteiger partial charge in [-0.1, -0.05) is 6.07 Å². The van der Waals surface area contributed by atoms with Gasteiger partial charge in [-0.2, -0.15) is 0 Å². The predicted molar refractivity (Wildman–Crippen MR) is 67.8 cm³/mol. The number of carbonyl (C=O) groups excluding carboxylic acids is 1. The van der Waals surface area contributed by atoms with Crippen LogP contribution in [0.15, 0.2) is 24.4 Å². The molecule has 0 amide bonds. The maximum atomic E-state index is 11.5. The summed E-state index contributed by atoms with van der Waals surface area (Å²) in [5.74, 6) is 0.735. The van der Waals surface area contributed by atoms with Gasteiger partial charge in [0, 0.05) is 43.7 Å². The number of hydrogen-bond acceptors (Lipinski definition) is 3. The zero-order chi connectivity index (χ0) is 12.1. The summed E-state index contributed by atoms with van der Waals surface area (Å²) in [6.45, 7) is 1.88. The Balaban J connectivity index is 1.74. The highest BCUT2D eigenvalue weighted by atomic mass is 16.1. The summed E-state index contributed by atoms with van der Waals surface area (Å²) in [5.41, 5.74) is 1.12. The fraction of sp³-hybridized carbons (Fsp3) is 0.571.